The molecule has 0 unspecified atom stereocenters. The van der Waals surface area contributed by atoms with Gasteiger partial charge in [-0.05, 0) is 17.7 Å². The smallest absolute Gasteiger partial charge is 0.265 e. The van der Waals surface area contributed by atoms with Gasteiger partial charge in [0, 0.05) is 12.7 Å². The minimum atomic E-state index is -0.422. The molecule has 0 bridgehead atoms. The number of carbonyl (C=O) groups is 1. The first kappa shape index (κ1) is 11.2. The summed E-state index contributed by atoms with van der Waals surface area (Å²) >= 11 is 0. The molecular weight excluding hydrogens is 212 g/mol. The highest BCUT2D eigenvalue weighted by Gasteiger charge is 2.12. The maximum atomic E-state index is 11.5. The molecule has 0 atom stereocenters. The van der Waals surface area contributed by atoms with Crippen molar-refractivity contribution in [1.82, 2.24) is 4.90 Å². The molecule has 0 aliphatic carbocycles. The Labute approximate surface area is 101 Å². The predicted octanol–water partition coefficient (Wildman–Crippen LogP) is 1.90. The molecule has 3 heteroatoms. The van der Waals surface area contributed by atoms with E-state index in [2.05, 4.69) is 0 Å². The highest BCUT2D eigenvalue weighted by Crippen LogP contribution is 2.13. The van der Waals surface area contributed by atoms with E-state index in [4.69, 9.17) is 5.73 Å². The number of nitrogens with two attached hydrogens (primary N) is 1. The van der Waals surface area contributed by atoms with E-state index in [9.17, 15) is 4.79 Å². The van der Waals surface area contributed by atoms with Crippen molar-refractivity contribution in [2.45, 2.75) is 0 Å². The van der Waals surface area contributed by atoms with Gasteiger partial charge in [-0.1, -0.05) is 42.5 Å². The van der Waals surface area contributed by atoms with E-state index in [0.717, 1.165) is 5.56 Å². The number of allylic oxidation sites excluding steroid dienone is 2. The van der Waals surface area contributed by atoms with Gasteiger partial charge in [0.25, 0.3) is 5.91 Å². The number of hydrogen-bond acceptors (Lipinski definition) is 2. The summed E-state index contributed by atoms with van der Waals surface area (Å²) in [5.41, 5.74) is 6.87. The molecule has 1 aromatic rings. The van der Waals surface area contributed by atoms with Crippen LogP contribution in [-0.4, -0.2) is 17.4 Å². The number of benzene rings is 1. The van der Waals surface area contributed by atoms with E-state index in [1.165, 1.54) is 0 Å². The number of amides is 1. The summed E-state index contributed by atoms with van der Waals surface area (Å²) in [6.07, 6.45) is 9.44. The molecular formula is C14H14N2O. The molecule has 17 heavy (non-hydrogen) atoms. The second kappa shape index (κ2) is 5.16. The van der Waals surface area contributed by atoms with Crippen LogP contribution in [0.3, 0.4) is 0 Å². The lowest BCUT2D eigenvalue weighted by atomic mass is 10.1. The lowest BCUT2D eigenvalue weighted by Crippen LogP contribution is -2.28. The van der Waals surface area contributed by atoms with Gasteiger partial charge in [0.15, 0.2) is 0 Å². The van der Waals surface area contributed by atoms with E-state index in [-0.39, 0.29) is 0 Å². The lowest BCUT2D eigenvalue weighted by molar-refractivity contribution is -0.115. The normalized spacial score (nSPS) is 15.1. The third kappa shape index (κ3) is 2.84. The van der Waals surface area contributed by atoms with Crippen LogP contribution in [0.1, 0.15) is 5.56 Å². The van der Waals surface area contributed by atoms with Gasteiger partial charge < -0.3 is 10.6 Å². The third-order valence-corrected chi connectivity index (χ3v) is 2.48. The molecule has 3 nitrogen and oxygen atoms in total. The number of nitrogens with zero attached hydrogens (tertiary/aromatic N) is 1. The summed E-state index contributed by atoms with van der Waals surface area (Å²) in [5.74, 6) is -0.422. The highest BCUT2D eigenvalue weighted by molar-refractivity contribution is 5.96. The molecule has 0 radical (unpaired) electrons. The van der Waals surface area contributed by atoms with E-state index >= 15 is 0 Å². The molecule has 1 aliphatic heterocycles. The molecule has 0 spiro atoms. The maximum absolute atomic E-state index is 11.5. The van der Waals surface area contributed by atoms with Crippen LogP contribution in [-0.2, 0) is 4.79 Å². The summed E-state index contributed by atoms with van der Waals surface area (Å²) < 4.78 is 0. The fourth-order valence-corrected chi connectivity index (χ4v) is 1.65. The summed E-state index contributed by atoms with van der Waals surface area (Å²) in [6.45, 7) is 0.665. The van der Waals surface area contributed by atoms with Crippen molar-refractivity contribution in [3.63, 3.8) is 0 Å². The van der Waals surface area contributed by atoms with Crippen molar-refractivity contribution < 1.29 is 4.79 Å². The van der Waals surface area contributed by atoms with Gasteiger partial charge in [-0.25, -0.2) is 0 Å². The Morgan fingerprint density at radius 3 is 2.59 bits per heavy atom. The number of rotatable bonds is 3. The number of primary amides is 1. The fourth-order valence-electron chi connectivity index (χ4n) is 1.65. The fraction of sp³-hybridized carbons (Fsp3) is 0.0714. The topological polar surface area (TPSA) is 46.3 Å². The second-order valence-corrected chi connectivity index (χ2v) is 3.73. The first-order chi connectivity index (χ1) is 8.27. The zero-order chi connectivity index (χ0) is 12.1. The lowest BCUT2D eigenvalue weighted by Gasteiger charge is -2.21. The van der Waals surface area contributed by atoms with E-state index < -0.39 is 5.91 Å². The van der Waals surface area contributed by atoms with Crippen LogP contribution in [0.5, 0.6) is 0 Å². The summed E-state index contributed by atoms with van der Waals surface area (Å²) in [4.78, 5) is 13.3. The van der Waals surface area contributed by atoms with Crippen LogP contribution in [0, 0.1) is 0 Å². The molecule has 0 fully saturated rings. The molecule has 2 N–H and O–H groups in total. The van der Waals surface area contributed by atoms with Crippen molar-refractivity contribution in [1.29, 1.82) is 0 Å². The molecule has 2 rings (SSSR count). The van der Waals surface area contributed by atoms with E-state index in [1.807, 2.05) is 59.7 Å². The molecule has 1 aromatic carbocycles. The van der Waals surface area contributed by atoms with E-state index in [0.29, 0.717) is 12.2 Å². The zero-order valence-corrected chi connectivity index (χ0v) is 9.41. The molecule has 1 aliphatic rings. The highest BCUT2D eigenvalue weighted by atomic mass is 16.1. The quantitative estimate of drug-likeness (QED) is 0.800. The summed E-state index contributed by atoms with van der Waals surface area (Å²) in [5, 5.41) is 0. The average Bonchev–Trinajstić information content (AvgIpc) is 2.38. The monoisotopic (exact) mass is 226 g/mol. The molecule has 0 saturated carbocycles. The van der Waals surface area contributed by atoms with Crippen LogP contribution in [0.15, 0.2) is 60.5 Å². The summed E-state index contributed by atoms with van der Waals surface area (Å²) in [6, 6.07) is 9.66. The minimum Gasteiger partial charge on any atom is -0.364 e. The Balaban J connectivity index is 2.29. The first-order valence-electron chi connectivity index (χ1n) is 5.44. The van der Waals surface area contributed by atoms with Gasteiger partial charge in [0.1, 0.15) is 5.70 Å². The average molecular weight is 226 g/mol. The first-order valence-corrected chi connectivity index (χ1v) is 5.44. The Morgan fingerprint density at radius 2 is 2.00 bits per heavy atom. The van der Waals surface area contributed by atoms with Crippen molar-refractivity contribution in [2.75, 3.05) is 6.54 Å². The Kier molecular flexibility index (Phi) is 3.40. The third-order valence-electron chi connectivity index (χ3n) is 2.48. The van der Waals surface area contributed by atoms with Crippen LogP contribution >= 0.6 is 0 Å². The molecule has 1 amide bonds. The minimum absolute atomic E-state index is 0.422. The largest absolute Gasteiger partial charge is 0.364 e. The molecule has 0 aromatic heterocycles. The van der Waals surface area contributed by atoms with Crippen LogP contribution in [0.2, 0.25) is 0 Å². The van der Waals surface area contributed by atoms with Gasteiger partial charge in [0.05, 0.1) is 0 Å². The maximum Gasteiger partial charge on any atom is 0.265 e. The van der Waals surface area contributed by atoms with Gasteiger partial charge in [-0.15, -0.1) is 0 Å². The predicted molar refractivity (Wildman–Crippen MR) is 68.6 cm³/mol. The zero-order valence-electron chi connectivity index (χ0n) is 9.41. The Hall–Kier alpha value is -2.29. The molecule has 1 heterocycles. The number of hydrogen-bond donors (Lipinski definition) is 1. The van der Waals surface area contributed by atoms with Gasteiger partial charge in [0.2, 0.25) is 0 Å². The summed E-state index contributed by atoms with van der Waals surface area (Å²) in [7, 11) is 0. The second-order valence-electron chi connectivity index (χ2n) is 3.73. The van der Waals surface area contributed by atoms with E-state index in [1.54, 1.807) is 6.08 Å². The van der Waals surface area contributed by atoms with Gasteiger partial charge in [-0.3, -0.25) is 4.79 Å². The van der Waals surface area contributed by atoms with Crippen molar-refractivity contribution in [2.24, 2.45) is 5.73 Å². The van der Waals surface area contributed by atoms with Crippen LogP contribution < -0.4 is 5.73 Å². The van der Waals surface area contributed by atoms with Gasteiger partial charge >= 0.3 is 0 Å². The van der Waals surface area contributed by atoms with Crippen molar-refractivity contribution >= 4 is 12.0 Å². The van der Waals surface area contributed by atoms with Crippen LogP contribution in [0.4, 0.5) is 0 Å². The van der Waals surface area contributed by atoms with Crippen molar-refractivity contribution in [3.05, 3.63) is 66.0 Å². The SMILES string of the molecule is NC(=O)/C(=C\c1ccccc1)N1C=CC=CC1. The standard InChI is InChI=1S/C14H14N2O/c15-14(17)13(16-9-5-2-6-10-16)11-12-7-3-1-4-8-12/h1-9,11H,10H2,(H2,15,17)/b13-11+. The Bertz CT molecular complexity index is 486. The van der Waals surface area contributed by atoms with Crippen molar-refractivity contribution in [3.8, 4) is 0 Å². The number of carbonyl (C=O) groups excluding carboxylic acids is 1. The Morgan fingerprint density at radius 1 is 1.24 bits per heavy atom. The molecule has 86 valence electrons. The van der Waals surface area contributed by atoms with Gasteiger partial charge in [-0.2, -0.15) is 0 Å². The molecule has 0 saturated heterocycles. The van der Waals surface area contributed by atoms with Crippen LogP contribution in [0.25, 0.3) is 6.08 Å².